The van der Waals surface area contributed by atoms with Gasteiger partial charge in [-0.2, -0.15) is 0 Å². The molecule has 7 heteroatoms. The number of nitrogens with zero attached hydrogens (tertiary/aromatic N) is 4. The predicted octanol–water partition coefficient (Wildman–Crippen LogP) is 2.66. The molecule has 3 aromatic rings. The Kier molecular flexibility index (Phi) is 3.30. The van der Waals surface area contributed by atoms with Crippen molar-refractivity contribution in [2.75, 3.05) is 13.1 Å². The maximum Gasteiger partial charge on any atom is 0.290 e. The fourth-order valence-corrected chi connectivity index (χ4v) is 2.75. The molecule has 1 fully saturated rings. The smallest absolute Gasteiger partial charge is 0.290 e. The molecule has 0 spiro atoms. The average Bonchev–Trinajstić information content (AvgIpc) is 2.93. The van der Waals surface area contributed by atoms with Gasteiger partial charge in [0.25, 0.3) is 5.91 Å². The van der Waals surface area contributed by atoms with Crippen LogP contribution in [0, 0.1) is 12.7 Å². The van der Waals surface area contributed by atoms with Crippen LogP contribution in [-0.4, -0.2) is 44.6 Å². The fourth-order valence-electron chi connectivity index (χ4n) is 2.75. The molecule has 1 aliphatic heterocycles. The Hall–Kier alpha value is -2.83. The number of hydrogen-bond acceptors (Lipinski definition) is 3. The van der Waals surface area contributed by atoms with Crippen LogP contribution in [0.15, 0.2) is 36.5 Å². The zero-order valence-electron chi connectivity index (χ0n) is 12.9. The minimum absolute atomic E-state index is 0.0533. The standard InChI is InChI=1S/C17H14F2N4O/c1-10-4-5-12(7-13(10)19)23-15-14(3-2-6-20-15)21-16(23)17(24)22-8-11(18)9-22/h2-7,11H,8-9H2,1H3. The van der Waals surface area contributed by atoms with E-state index in [1.807, 2.05) is 0 Å². The Morgan fingerprint density at radius 1 is 1.29 bits per heavy atom. The highest BCUT2D eigenvalue weighted by Gasteiger charge is 2.34. The average molecular weight is 328 g/mol. The Morgan fingerprint density at radius 2 is 2.08 bits per heavy atom. The first-order valence-corrected chi connectivity index (χ1v) is 7.58. The number of benzene rings is 1. The van der Waals surface area contributed by atoms with Gasteiger partial charge < -0.3 is 4.90 Å². The van der Waals surface area contributed by atoms with Crippen LogP contribution in [0.2, 0.25) is 0 Å². The molecule has 0 bridgehead atoms. The third-order valence-corrected chi connectivity index (χ3v) is 4.15. The molecule has 122 valence electrons. The number of imidazole rings is 1. The van der Waals surface area contributed by atoms with Gasteiger partial charge in [0.2, 0.25) is 5.82 Å². The van der Waals surface area contributed by atoms with Crippen molar-refractivity contribution in [2.24, 2.45) is 0 Å². The summed E-state index contributed by atoms with van der Waals surface area (Å²) < 4.78 is 28.6. The number of likely N-dealkylation sites (tertiary alicyclic amines) is 1. The van der Waals surface area contributed by atoms with Crippen LogP contribution in [0.3, 0.4) is 0 Å². The van der Waals surface area contributed by atoms with E-state index in [1.165, 1.54) is 15.5 Å². The zero-order valence-corrected chi connectivity index (χ0v) is 12.9. The highest BCUT2D eigenvalue weighted by atomic mass is 19.1. The van der Waals surface area contributed by atoms with Gasteiger partial charge in [0.1, 0.15) is 17.5 Å². The van der Waals surface area contributed by atoms with E-state index < -0.39 is 6.17 Å². The minimum atomic E-state index is -0.998. The summed E-state index contributed by atoms with van der Waals surface area (Å²) in [5, 5.41) is 0. The third kappa shape index (κ3) is 2.24. The predicted molar refractivity (Wildman–Crippen MR) is 84.4 cm³/mol. The number of aromatic nitrogens is 3. The molecule has 24 heavy (non-hydrogen) atoms. The summed E-state index contributed by atoms with van der Waals surface area (Å²) in [4.78, 5) is 22.6. The summed E-state index contributed by atoms with van der Waals surface area (Å²) in [6, 6.07) is 8.13. The van der Waals surface area contributed by atoms with Crippen molar-refractivity contribution in [1.29, 1.82) is 0 Å². The van der Waals surface area contributed by atoms with Crippen LogP contribution < -0.4 is 0 Å². The molecule has 1 aliphatic rings. The van der Waals surface area contributed by atoms with Gasteiger partial charge in [-0.1, -0.05) is 6.07 Å². The summed E-state index contributed by atoms with van der Waals surface area (Å²) in [6.07, 6.45) is 0.585. The van der Waals surface area contributed by atoms with Crippen LogP contribution in [0.1, 0.15) is 16.2 Å². The van der Waals surface area contributed by atoms with E-state index in [9.17, 15) is 13.6 Å². The Bertz CT molecular complexity index is 947. The second-order valence-electron chi connectivity index (χ2n) is 5.86. The molecule has 2 aromatic heterocycles. The van der Waals surface area contributed by atoms with Crippen molar-refractivity contribution < 1.29 is 13.6 Å². The van der Waals surface area contributed by atoms with E-state index in [2.05, 4.69) is 9.97 Å². The first-order chi connectivity index (χ1) is 11.5. The second-order valence-corrected chi connectivity index (χ2v) is 5.86. The first-order valence-electron chi connectivity index (χ1n) is 7.58. The van der Waals surface area contributed by atoms with Crippen LogP contribution in [0.4, 0.5) is 8.78 Å². The summed E-state index contributed by atoms with van der Waals surface area (Å²) in [6.45, 7) is 1.77. The van der Waals surface area contributed by atoms with Gasteiger partial charge >= 0.3 is 0 Å². The summed E-state index contributed by atoms with van der Waals surface area (Å²) >= 11 is 0. The van der Waals surface area contributed by atoms with Crippen molar-refractivity contribution in [3.8, 4) is 5.69 Å². The number of carbonyl (C=O) groups excluding carboxylic acids is 1. The number of hydrogen-bond donors (Lipinski definition) is 0. The quantitative estimate of drug-likeness (QED) is 0.727. The van der Waals surface area contributed by atoms with E-state index in [0.29, 0.717) is 22.4 Å². The third-order valence-electron chi connectivity index (χ3n) is 4.15. The SMILES string of the molecule is Cc1ccc(-n2c(C(=O)N3CC(F)C3)nc3cccnc32)cc1F. The van der Waals surface area contributed by atoms with E-state index in [4.69, 9.17) is 0 Å². The van der Waals surface area contributed by atoms with E-state index in [1.54, 1.807) is 37.4 Å². The van der Waals surface area contributed by atoms with Gasteiger partial charge in [-0.25, -0.2) is 18.7 Å². The molecule has 1 amide bonds. The lowest BCUT2D eigenvalue weighted by Crippen LogP contribution is -2.52. The van der Waals surface area contributed by atoms with Gasteiger partial charge in [-0.3, -0.25) is 9.36 Å². The lowest BCUT2D eigenvalue weighted by atomic mass is 10.2. The largest absolute Gasteiger partial charge is 0.330 e. The lowest BCUT2D eigenvalue weighted by molar-refractivity contribution is 0.0387. The van der Waals surface area contributed by atoms with Crippen LogP contribution in [0.25, 0.3) is 16.9 Å². The van der Waals surface area contributed by atoms with Gasteiger partial charge in [0.15, 0.2) is 5.65 Å². The second kappa shape index (κ2) is 5.36. The van der Waals surface area contributed by atoms with Gasteiger partial charge in [0, 0.05) is 6.20 Å². The Labute approximate surface area is 136 Å². The summed E-state index contributed by atoms with van der Waals surface area (Å²) in [7, 11) is 0. The number of carbonyl (C=O) groups is 1. The van der Waals surface area contributed by atoms with Crippen molar-refractivity contribution in [2.45, 2.75) is 13.1 Å². The van der Waals surface area contributed by atoms with Crippen LogP contribution in [-0.2, 0) is 0 Å². The molecule has 5 nitrogen and oxygen atoms in total. The van der Waals surface area contributed by atoms with Crippen molar-refractivity contribution in [1.82, 2.24) is 19.4 Å². The molecule has 3 heterocycles. The Balaban J connectivity index is 1.90. The maximum absolute atomic E-state index is 14.0. The fraction of sp³-hybridized carbons (Fsp3) is 0.235. The molecule has 0 atom stereocenters. The monoisotopic (exact) mass is 328 g/mol. The van der Waals surface area contributed by atoms with E-state index >= 15 is 0 Å². The highest BCUT2D eigenvalue weighted by Crippen LogP contribution is 2.24. The molecule has 0 N–H and O–H groups in total. The van der Waals surface area contributed by atoms with Crippen molar-refractivity contribution >= 4 is 17.1 Å². The molecule has 0 aliphatic carbocycles. The summed E-state index contributed by atoms with van der Waals surface area (Å²) in [5.41, 5.74) is 1.95. The van der Waals surface area contributed by atoms with E-state index in [-0.39, 0.29) is 30.6 Å². The lowest BCUT2D eigenvalue weighted by Gasteiger charge is -2.33. The number of fused-ring (bicyclic) bond motifs is 1. The number of pyridine rings is 1. The first kappa shape index (κ1) is 14.7. The minimum Gasteiger partial charge on any atom is -0.330 e. The molecule has 1 saturated heterocycles. The normalized spacial score (nSPS) is 14.9. The van der Waals surface area contributed by atoms with Gasteiger partial charge in [-0.15, -0.1) is 0 Å². The number of halogens is 2. The summed E-state index contributed by atoms with van der Waals surface area (Å²) in [5.74, 6) is -0.654. The highest BCUT2D eigenvalue weighted by molar-refractivity contribution is 5.95. The molecular weight excluding hydrogens is 314 g/mol. The zero-order chi connectivity index (χ0) is 16.8. The molecular formula is C17H14F2N4O. The van der Waals surface area contributed by atoms with Crippen molar-refractivity contribution in [3.63, 3.8) is 0 Å². The van der Waals surface area contributed by atoms with Crippen molar-refractivity contribution in [3.05, 3.63) is 53.7 Å². The van der Waals surface area contributed by atoms with Gasteiger partial charge in [0.05, 0.1) is 18.8 Å². The maximum atomic E-state index is 14.0. The molecule has 0 radical (unpaired) electrons. The topological polar surface area (TPSA) is 51.0 Å². The van der Waals surface area contributed by atoms with Gasteiger partial charge in [-0.05, 0) is 36.8 Å². The van der Waals surface area contributed by atoms with Crippen LogP contribution >= 0.6 is 0 Å². The molecule has 1 aromatic carbocycles. The van der Waals surface area contributed by atoms with E-state index in [0.717, 1.165) is 0 Å². The number of alkyl halides is 1. The molecule has 0 unspecified atom stereocenters. The molecule has 4 rings (SSSR count). The van der Waals surface area contributed by atoms with Crippen LogP contribution in [0.5, 0.6) is 0 Å². The number of amides is 1. The number of aryl methyl sites for hydroxylation is 1. The molecule has 0 saturated carbocycles. The Morgan fingerprint density at radius 3 is 2.79 bits per heavy atom. The number of rotatable bonds is 2.